The number of hydrogen-bond acceptors (Lipinski definition) is 0. The highest BCUT2D eigenvalue weighted by atomic mass is 14.6. The largest absolute Gasteiger partial charge is 0.0622 e. The molecule has 0 amide bonds. The van der Waals surface area contributed by atoms with Crippen molar-refractivity contribution in [1.82, 2.24) is 0 Å². The molecular formula is C32H44. The zero-order valence-corrected chi connectivity index (χ0v) is 21.1. The zero-order valence-electron chi connectivity index (χ0n) is 21.1. The van der Waals surface area contributed by atoms with Gasteiger partial charge in [0.2, 0.25) is 0 Å². The van der Waals surface area contributed by atoms with Gasteiger partial charge in [0.15, 0.2) is 0 Å². The number of fused-ring (bicyclic) bond motifs is 3. The Morgan fingerprint density at radius 1 is 0.531 bits per heavy atom. The molecule has 0 radical (unpaired) electrons. The first-order chi connectivity index (χ1) is 15.3. The van der Waals surface area contributed by atoms with Crippen molar-refractivity contribution in [3.8, 4) is 0 Å². The van der Waals surface area contributed by atoms with E-state index in [4.69, 9.17) is 0 Å². The number of hydrogen-bond donors (Lipinski definition) is 0. The maximum absolute atomic E-state index is 2.64. The van der Waals surface area contributed by atoms with E-state index < -0.39 is 0 Å². The Balaban J connectivity index is 1.32. The molecule has 0 aliphatic heterocycles. The molecule has 0 bridgehead atoms. The minimum absolute atomic E-state index is 0.289. The van der Waals surface area contributed by atoms with Gasteiger partial charge in [-0.15, -0.1) is 0 Å². The molecule has 0 heteroatoms. The molecule has 6 atom stereocenters. The summed E-state index contributed by atoms with van der Waals surface area (Å²) in [4.78, 5) is 0. The van der Waals surface area contributed by atoms with E-state index >= 15 is 0 Å². The van der Waals surface area contributed by atoms with E-state index in [1.54, 1.807) is 0 Å². The zero-order chi connectivity index (χ0) is 22.5. The van der Waals surface area contributed by atoms with Crippen molar-refractivity contribution in [3.63, 3.8) is 0 Å². The molecule has 0 spiro atoms. The first kappa shape index (κ1) is 22.2. The van der Waals surface area contributed by atoms with Crippen molar-refractivity contribution >= 4 is 0 Å². The van der Waals surface area contributed by atoms with E-state index in [2.05, 4.69) is 95.3 Å². The smallest absolute Gasteiger partial charge is 0.00752 e. The summed E-state index contributed by atoms with van der Waals surface area (Å²) in [5.41, 5.74) is 3.65. The van der Waals surface area contributed by atoms with Gasteiger partial charge in [-0.05, 0) is 102 Å². The van der Waals surface area contributed by atoms with E-state index in [0.717, 1.165) is 41.4 Å². The van der Waals surface area contributed by atoms with Crippen LogP contribution in [-0.4, -0.2) is 0 Å². The molecule has 172 valence electrons. The van der Waals surface area contributed by atoms with E-state index in [0.29, 0.717) is 0 Å². The highest BCUT2D eigenvalue weighted by molar-refractivity contribution is 5.26. The van der Waals surface area contributed by atoms with E-state index in [1.165, 1.54) is 49.7 Å². The van der Waals surface area contributed by atoms with Crippen molar-refractivity contribution in [2.75, 3.05) is 0 Å². The molecule has 5 rings (SSSR count). The molecule has 0 aromatic heterocycles. The summed E-state index contributed by atoms with van der Waals surface area (Å²) in [5, 5.41) is 0. The topological polar surface area (TPSA) is 0 Å². The lowest BCUT2D eigenvalue weighted by Gasteiger charge is -2.45. The molecular weight excluding hydrogens is 384 g/mol. The van der Waals surface area contributed by atoms with Gasteiger partial charge < -0.3 is 0 Å². The molecule has 6 unspecified atom stereocenters. The van der Waals surface area contributed by atoms with Gasteiger partial charge >= 0.3 is 0 Å². The molecule has 0 saturated heterocycles. The van der Waals surface area contributed by atoms with Crippen LogP contribution in [0.5, 0.6) is 0 Å². The van der Waals surface area contributed by atoms with Gasteiger partial charge in [-0.2, -0.15) is 0 Å². The summed E-state index contributed by atoms with van der Waals surface area (Å²) < 4.78 is 0. The Kier molecular flexibility index (Phi) is 5.80. The molecule has 0 N–H and O–H groups in total. The van der Waals surface area contributed by atoms with Crippen molar-refractivity contribution in [3.05, 3.63) is 71.8 Å². The van der Waals surface area contributed by atoms with E-state index in [9.17, 15) is 0 Å². The molecule has 0 nitrogen and oxygen atoms in total. The summed E-state index contributed by atoms with van der Waals surface area (Å²) in [6, 6.07) is 22.7. The molecule has 3 fully saturated rings. The Morgan fingerprint density at radius 2 is 0.906 bits per heavy atom. The van der Waals surface area contributed by atoms with E-state index in [-0.39, 0.29) is 10.8 Å². The van der Waals surface area contributed by atoms with Crippen LogP contribution in [0.25, 0.3) is 0 Å². The number of benzene rings is 2. The Hall–Kier alpha value is -1.56. The second-order valence-corrected chi connectivity index (χ2v) is 12.7. The third-order valence-electron chi connectivity index (χ3n) is 10.9. The maximum atomic E-state index is 2.64. The second kappa shape index (κ2) is 8.34. The standard InChI is InChI=1S/C32H44/c1-22-29-20-25(31(2,3)23-12-8-6-9-13-23)16-18-27(29)28-19-17-26(21-30(22)28)32(4,5)24-14-10-7-11-15-24/h6-15,22,25-30H,16-21H2,1-5H3. The average Bonchev–Trinajstić information content (AvgIpc) is 3.11. The van der Waals surface area contributed by atoms with Crippen LogP contribution in [0.15, 0.2) is 60.7 Å². The third-order valence-corrected chi connectivity index (χ3v) is 10.9. The van der Waals surface area contributed by atoms with Gasteiger partial charge in [0.25, 0.3) is 0 Å². The van der Waals surface area contributed by atoms with Crippen LogP contribution in [0.2, 0.25) is 0 Å². The van der Waals surface area contributed by atoms with Gasteiger partial charge in [0.05, 0.1) is 0 Å². The van der Waals surface area contributed by atoms with E-state index in [1.807, 2.05) is 0 Å². The van der Waals surface area contributed by atoms with Crippen LogP contribution in [0, 0.1) is 41.4 Å². The normalized spacial score (nSPS) is 35.2. The van der Waals surface area contributed by atoms with Crippen molar-refractivity contribution in [1.29, 1.82) is 0 Å². The van der Waals surface area contributed by atoms with Crippen molar-refractivity contribution in [2.24, 2.45) is 41.4 Å². The molecule has 32 heavy (non-hydrogen) atoms. The Labute approximate surface area is 197 Å². The third kappa shape index (κ3) is 3.66. The van der Waals surface area contributed by atoms with Gasteiger partial charge in [-0.25, -0.2) is 0 Å². The summed E-state index contributed by atoms with van der Waals surface area (Å²) in [7, 11) is 0. The molecule has 2 aromatic rings. The summed E-state index contributed by atoms with van der Waals surface area (Å²) in [6.45, 7) is 12.7. The van der Waals surface area contributed by atoms with Gasteiger partial charge in [-0.3, -0.25) is 0 Å². The highest BCUT2D eigenvalue weighted by Crippen LogP contribution is 2.61. The Bertz CT molecular complexity index is 817. The van der Waals surface area contributed by atoms with Crippen LogP contribution in [0.4, 0.5) is 0 Å². The number of rotatable bonds is 4. The minimum atomic E-state index is 0.289. The van der Waals surface area contributed by atoms with Crippen molar-refractivity contribution < 1.29 is 0 Å². The quantitative estimate of drug-likeness (QED) is 0.457. The summed E-state index contributed by atoms with van der Waals surface area (Å²) in [6.07, 6.45) is 8.71. The Morgan fingerprint density at radius 3 is 1.28 bits per heavy atom. The van der Waals surface area contributed by atoms with Gasteiger partial charge in [0, 0.05) is 0 Å². The fourth-order valence-electron chi connectivity index (χ4n) is 8.57. The minimum Gasteiger partial charge on any atom is -0.0622 e. The van der Waals surface area contributed by atoms with Crippen LogP contribution in [0.3, 0.4) is 0 Å². The molecule has 2 aromatic carbocycles. The monoisotopic (exact) mass is 428 g/mol. The fourth-order valence-corrected chi connectivity index (χ4v) is 8.57. The van der Waals surface area contributed by atoms with Crippen LogP contribution >= 0.6 is 0 Å². The first-order valence-electron chi connectivity index (χ1n) is 13.4. The predicted octanol–water partition coefficient (Wildman–Crippen LogP) is 8.66. The average molecular weight is 429 g/mol. The fraction of sp³-hybridized carbons (Fsp3) is 0.625. The van der Waals surface area contributed by atoms with Crippen LogP contribution in [-0.2, 0) is 10.8 Å². The van der Waals surface area contributed by atoms with Crippen LogP contribution in [0.1, 0.15) is 84.3 Å². The first-order valence-corrected chi connectivity index (χ1v) is 13.4. The second-order valence-electron chi connectivity index (χ2n) is 12.7. The molecule has 3 saturated carbocycles. The SMILES string of the molecule is CC1C2CC(C(C)(C)c3ccccc3)CCC2C2CCC(C(C)(C)c3ccccc3)CC12. The van der Waals surface area contributed by atoms with Gasteiger partial charge in [0.1, 0.15) is 0 Å². The lowest BCUT2D eigenvalue weighted by atomic mass is 9.60. The molecule has 0 heterocycles. The predicted molar refractivity (Wildman–Crippen MR) is 137 cm³/mol. The highest BCUT2D eigenvalue weighted by Gasteiger charge is 2.54. The van der Waals surface area contributed by atoms with Crippen LogP contribution < -0.4 is 0 Å². The summed E-state index contributed by atoms with van der Waals surface area (Å²) >= 11 is 0. The summed E-state index contributed by atoms with van der Waals surface area (Å²) in [5.74, 6) is 6.44. The molecule has 3 aliphatic carbocycles. The molecule has 3 aliphatic rings. The lowest BCUT2D eigenvalue weighted by molar-refractivity contribution is 0.0964. The lowest BCUT2D eigenvalue weighted by Crippen LogP contribution is -2.37. The maximum Gasteiger partial charge on any atom is -0.00752 e. The van der Waals surface area contributed by atoms with Gasteiger partial charge in [-0.1, -0.05) is 95.3 Å². The van der Waals surface area contributed by atoms with Crippen molar-refractivity contribution in [2.45, 2.75) is 84.0 Å².